The third kappa shape index (κ3) is 6.20. The van der Waals surface area contributed by atoms with Crippen LogP contribution in [0, 0.1) is 10.8 Å². The molecule has 0 aliphatic carbocycles. The Balaban J connectivity index is 3.13. The highest BCUT2D eigenvalue weighted by atomic mass is 16.5. The van der Waals surface area contributed by atoms with Gasteiger partial charge in [-0.1, -0.05) is 67.5 Å². The zero-order valence-corrected chi connectivity index (χ0v) is 16.9. The fourth-order valence-electron chi connectivity index (χ4n) is 3.01. The standard InChI is InChI=1S/C22H38O/c1-10-22(9,11-2)23-18-14-12-13-17(15-18)19(21(6,7)8)16-20(3,4)5/h12-15,19H,10-11,16H2,1-9H3. The molecule has 0 saturated heterocycles. The first-order valence-electron chi connectivity index (χ1n) is 9.19. The van der Waals surface area contributed by atoms with Gasteiger partial charge in [0.2, 0.25) is 0 Å². The minimum Gasteiger partial charge on any atom is -0.488 e. The maximum atomic E-state index is 6.33. The number of rotatable bonds is 6. The lowest BCUT2D eigenvalue weighted by Crippen LogP contribution is -2.30. The molecule has 1 nitrogen and oxygen atoms in total. The van der Waals surface area contributed by atoms with E-state index in [1.165, 1.54) is 12.0 Å². The Hall–Kier alpha value is -0.980. The van der Waals surface area contributed by atoms with Gasteiger partial charge in [0, 0.05) is 0 Å². The molecule has 23 heavy (non-hydrogen) atoms. The summed E-state index contributed by atoms with van der Waals surface area (Å²) < 4.78 is 6.33. The highest BCUT2D eigenvalue weighted by molar-refractivity contribution is 5.32. The van der Waals surface area contributed by atoms with Gasteiger partial charge in [0.15, 0.2) is 0 Å². The van der Waals surface area contributed by atoms with Crippen LogP contribution in [0.2, 0.25) is 0 Å². The second-order valence-electron chi connectivity index (χ2n) is 9.51. The molecule has 0 spiro atoms. The van der Waals surface area contributed by atoms with Crippen molar-refractivity contribution in [2.45, 2.75) is 93.1 Å². The van der Waals surface area contributed by atoms with Crippen molar-refractivity contribution in [3.8, 4) is 5.75 Å². The third-order valence-electron chi connectivity index (χ3n) is 4.98. The molecule has 0 N–H and O–H groups in total. The molecular formula is C22H38O. The predicted molar refractivity (Wildman–Crippen MR) is 102 cm³/mol. The lowest BCUT2D eigenvalue weighted by atomic mass is 9.69. The second kappa shape index (κ2) is 7.28. The highest BCUT2D eigenvalue weighted by Gasteiger charge is 2.31. The number of ether oxygens (including phenoxy) is 1. The largest absolute Gasteiger partial charge is 0.488 e. The molecule has 1 heteroatoms. The Kier molecular flexibility index (Phi) is 6.35. The van der Waals surface area contributed by atoms with Crippen molar-refractivity contribution >= 4 is 0 Å². The Labute approximate surface area is 144 Å². The molecule has 0 amide bonds. The molecule has 0 aromatic heterocycles. The van der Waals surface area contributed by atoms with E-state index in [-0.39, 0.29) is 11.0 Å². The smallest absolute Gasteiger partial charge is 0.120 e. The molecular weight excluding hydrogens is 280 g/mol. The molecule has 132 valence electrons. The van der Waals surface area contributed by atoms with E-state index in [1.807, 2.05) is 0 Å². The van der Waals surface area contributed by atoms with Gasteiger partial charge in [0.25, 0.3) is 0 Å². The highest BCUT2D eigenvalue weighted by Crippen LogP contribution is 2.43. The van der Waals surface area contributed by atoms with Gasteiger partial charge in [0.05, 0.1) is 0 Å². The summed E-state index contributed by atoms with van der Waals surface area (Å²) in [4.78, 5) is 0. The van der Waals surface area contributed by atoms with Crippen molar-refractivity contribution in [2.24, 2.45) is 10.8 Å². The fraction of sp³-hybridized carbons (Fsp3) is 0.727. The molecule has 0 aliphatic heterocycles. The first kappa shape index (κ1) is 20.1. The van der Waals surface area contributed by atoms with E-state index < -0.39 is 0 Å². The quantitative estimate of drug-likeness (QED) is 0.538. The molecule has 1 unspecified atom stereocenters. The summed E-state index contributed by atoms with van der Waals surface area (Å²) in [6, 6.07) is 8.79. The summed E-state index contributed by atoms with van der Waals surface area (Å²) in [5, 5.41) is 0. The van der Waals surface area contributed by atoms with Gasteiger partial charge in [-0.15, -0.1) is 0 Å². The molecule has 0 radical (unpaired) electrons. The second-order valence-corrected chi connectivity index (χ2v) is 9.51. The van der Waals surface area contributed by atoms with E-state index in [2.05, 4.69) is 86.6 Å². The topological polar surface area (TPSA) is 9.23 Å². The van der Waals surface area contributed by atoms with E-state index in [0.717, 1.165) is 18.6 Å². The first-order chi connectivity index (χ1) is 10.4. The maximum Gasteiger partial charge on any atom is 0.120 e. The summed E-state index contributed by atoms with van der Waals surface area (Å²) in [5.41, 5.74) is 1.89. The number of hydrogen-bond donors (Lipinski definition) is 0. The Morgan fingerprint density at radius 1 is 0.913 bits per heavy atom. The van der Waals surface area contributed by atoms with E-state index >= 15 is 0 Å². The summed E-state index contributed by atoms with van der Waals surface area (Å²) in [6.45, 7) is 20.6. The van der Waals surface area contributed by atoms with Gasteiger partial charge in [-0.25, -0.2) is 0 Å². The molecule has 0 saturated carbocycles. The van der Waals surface area contributed by atoms with Crippen LogP contribution in [-0.2, 0) is 0 Å². The fourth-order valence-corrected chi connectivity index (χ4v) is 3.01. The summed E-state index contributed by atoms with van der Waals surface area (Å²) in [5.74, 6) is 1.54. The normalized spacial score (nSPS) is 14.7. The van der Waals surface area contributed by atoms with Crippen LogP contribution in [0.15, 0.2) is 24.3 Å². The van der Waals surface area contributed by atoms with E-state index in [1.54, 1.807) is 0 Å². The van der Waals surface area contributed by atoms with Crippen molar-refractivity contribution in [1.29, 1.82) is 0 Å². The molecule has 0 bridgehead atoms. The molecule has 1 aromatic rings. The Bertz CT molecular complexity index is 483. The number of hydrogen-bond acceptors (Lipinski definition) is 1. The molecule has 0 fully saturated rings. The van der Waals surface area contributed by atoms with Crippen LogP contribution < -0.4 is 4.74 Å². The van der Waals surface area contributed by atoms with Crippen molar-refractivity contribution in [2.75, 3.05) is 0 Å². The summed E-state index contributed by atoms with van der Waals surface area (Å²) in [7, 11) is 0. The molecule has 0 heterocycles. The van der Waals surface area contributed by atoms with Gasteiger partial charge in [-0.05, 0) is 60.6 Å². The van der Waals surface area contributed by atoms with Gasteiger partial charge >= 0.3 is 0 Å². The van der Waals surface area contributed by atoms with Crippen LogP contribution in [0.5, 0.6) is 5.75 Å². The van der Waals surface area contributed by atoms with Crippen LogP contribution in [0.1, 0.15) is 93.1 Å². The average molecular weight is 319 g/mol. The first-order valence-corrected chi connectivity index (χ1v) is 9.19. The number of benzene rings is 1. The van der Waals surface area contributed by atoms with Crippen LogP contribution >= 0.6 is 0 Å². The van der Waals surface area contributed by atoms with Gasteiger partial charge in [-0.3, -0.25) is 0 Å². The molecule has 0 aliphatic rings. The Morgan fingerprint density at radius 3 is 1.91 bits per heavy atom. The lowest BCUT2D eigenvalue weighted by molar-refractivity contribution is 0.0800. The van der Waals surface area contributed by atoms with Gasteiger partial charge in [0.1, 0.15) is 11.4 Å². The SMILES string of the molecule is CCC(C)(CC)Oc1cccc(C(CC(C)(C)C)C(C)(C)C)c1. The summed E-state index contributed by atoms with van der Waals surface area (Å²) >= 11 is 0. The summed E-state index contributed by atoms with van der Waals surface area (Å²) in [6.07, 6.45) is 3.23. The minimum atomic E-state index is -0.0696. The van der Waals surface area contributed by atoms with Crippen LogP contribution in [0.25, 0.3) is 0 Å². The lowest BCUT2D eigenvalue weighted by Gasteiger charge is -2.36. The van der Waals surface area contributed by atoms with Gasteiger partial charge < -0.3 is 4.74 Å². The monoisotopic (exact) mass is 318 g/mol. The maximum absolute atomic E-state index is 6.33. The molecule has 1 rings (SSSR count). The van der Waals surface area contributed by atoms with Crippen molar-refractivity contribution < 1.29 is 4.74 Å². The third-order valence-corrected chi connectivity index (χ3v) is 4.98. The van der Waals surface area contributed by atoms with Crippen LogP contribution in [0.4, 0.5) is 0 Å². The van der Waals surface area contributed by atoms with Crippen molar-refractivity contribution in [3.63, 3.8) is 0 Å². The van der Waals surface area contributed by atoms with E-state index in [9.17, 15) is 0 Å². The molecule has 1 aromatic carbocycles. The van der Waals surface area contributed by atoms with Crippen LogP contribution in [-0.4, -0.2) is 5.60 Å². The average Bonchev–Trinajstić information content (AvgIpc) is 2.43. The van der Waals surface area contributed by atoms with E-state index in [0.29, 0.717) is 11.3 Å². The van der Waals surface area contributed by atoms with Crippen molar-refractivity contribution in [3.05, 3.63) is 29.8 Å². The Morgan fingerprint density at radius 2 is 1.48 bits per heavy atom. The minimum absolute atomic E-state index is 0.0696. The van der Waals surface area contributed by atoms with E-state index in [4.69, 9.17) is 4.74 Å². The van der Waals surface area contributed by atoms with Crippen LogP contribution in [0.3, 0.4) is 0 Å². The predicted octanol–water partition coefficient (Wildman–Crippen LogP) is 7.21. The molecule has 1 atom stereocenters. The van der Waals surface area contributed by atoms with Crippen molar-refractivity contribution in [1.82, 2.24) is 0 Å². The van der Waals surface area contributed by atoms with Gasteiger partial charge in [-0.2, -0.15) is 0 Å². The zero-order chi connectivity index (χ0) is 17.9. The zero-order valence-electron chi connectivity index (χ0n) is 16.9.